The summed E-state index contributed by atoms with van der Waals surface area (Å²) in [5, 5.41) is 0. The number of unbranched alkanes of at least 4 members (excludes halogenated alkanes) is 3. The molecule has 0 aromatic carbocycles. The molecule has 0 unspecified atom stereocenters. The molecule has 0 aromatic heterocycles. The van der Waals surface area contributed by atoms with Crippen LogP contribution in [0.2, 0.25) is 0 Å². The Morgan fingerprint density at radius 3 is 1.78 bits per heavy atom. The van der Waals surface area contributed by atoms with Gasteiger partial charge in [-0.2, -0.15) is 0 Å². The quantitative estimate of drug-likeness (QED) is 0.480. The molecule has 0 heteroatoms. The Morgan fingerprint density at radius 1 is 0.722 bits per heavy atom. The van der Waals surface area contributed by atoms with E-state index in [2.05, 4.69) is 56.3 Å². The Hall–Kier alpha value is -1.32. The molecule has 0 amide bonds. The van der Waals surface area contributed by atoms with Crippen LogP contribution < -0.4 is 0 Å². The largest absolute Gasteiger partial charge is 0.103 e. The van der Waals surface area contributed by atoms with Crippen molar-refractivity contribution >= 4 is 0 Å². The van der Waals surface area contributed by atoms with Crippen molar-refractivity contribution in [3.8, 4) is 35.5 Å². The van der Waals surface area contributed by atoms with Crippen molar-refractivity contribution in [3.05, 3.63) is 0 Å². The SMILES string of the molecule is CCC#CC(C#CCC)CCCC#CCCCC. The average Bonchev–Trinajstić information content (AvgIpc) is 2.40. The maximum atomic E-state index is 3.24. The minimum absolute atomic E-state index is 0.252. The molecule has 0 spiro atoms. The van der Waals surface area contributed by atoms with E-state index >= 15 is 0 Å². The smallest absolute Gasteiger partial charge is 0.0811 e. The van der Waals surface area contributed by atoms with Crippen LogP contribution in [0.15, 0.2) is 0 Å². The van der Waals surface area contributed by atoms with Crippen molar-refractivity contribution in [2.45, 2.75) is 72.1 Å². The van der Waals surface area contributed by atoms with E-state index in [0.29, 0.717) is 0 Å². The summed E-state index contributed by atoms with van der Waals surface area (Å²) in [6.45, 7) is 6.36. The van der Waals surface area contributed by atoms with Gasteiger partial charge in [0.1, 0.15) is 0 Å². The van der Waals surface area contributed by atoms with Crippen molar-refractivity contribution in [1.82, 2.24) is 0 Å². The van der Waals surface area contributed by atoms with Crippen molar-refractivity contribution in [2.24, 2.45) is 5.92 Å². The molecule has 0 aromatic rings. The maximum Gasteiger partial charge on any atom is 0.0811 e. The first kappa shape index (κ1) is 16.7. The van der Waals surface area contributed by atoms with E-state index in [0.717, 1.165) is 38.5 Å². The first-order chi connectivity index (χ1) is 8.85. The van der Waals surface area contributed by atoms with Gasteiger partial charge in [0.15, 0.2) is 0 Å². The number of hydrogen-bond acceptors (Lipinski definition) is 0. The van der Waals surface area contributed by atoms with Crippen molar-refractivity contribution in [2.75, 3.05) is 0 Å². The summed E-state index contributed by atoms with van der Waals surface area (Å²) in [6, 6.07) is 0. The van der Waals surface area contributed by atoms with Gasteiger partial charge in [0, 0.05) is 25.7 Å². The minimum atomic E-state index is 0.252. The molecule has 18 heavy (non-hydrogen) atoms. The topological polar surface area (TPSA) is 0 Å². The fourth-order valence-electron chi connectivity index (χ4n) is 1.47. The Bertz CT molecular complexity index is 334. The van der Waals surface area contributed by atoms with Crippen LogP contribution in [0.1, 0.15) is 72.1 Å². The van der Waals surface area contributed by atoms with Gasteiger partial charge in [-0.1, -0.05) is 39.0 Å². The third-order valence-corrected chi connectivity index (χ3v) is 2.48. The maximum absolute atomic E-state index is 3.24. The van der Waals surface area contributed by atoms with Gasteiger partial charge in [-0.05, 0) is 19.3 Å². The molecule has 0 radical (unpaired) electrons. The zero-order valence-electron chi connectivity index (χ0n) is 12.2. The predicted molar refractivity (Wildman–Crippen MR) is 80.8 cm³/mol. The lowest BCUT2D eigenvalue weighted by molar-refractivity contribution is 0.696. The van der Waals surface area contributed by atoms with Crippen LogP contribution in [-0.4, -0.2) is 0 Å². The molecule has 0 aliphatic rings. The molecule has 0 atom stereocenters. The van der Waals surface area contributed by atoms with Gasteiger partial charge in [-0.25, -0.2) is 0 Å². The van der Waals surface area contributed by atoms with Crippen molar-refractivity contribution in [1.29, 1.82) is 0 Å². The molecule has 0 aliphatic heterocycles. The Kier molecular flexibility index (Phi) is 12.7. The van der Waals surface area contributed by atoms with Gasteiger partial charge < -0.3 is 0 Å². The molecular formula is C18H26. The lowest BCUT2D eigenvalue weighted by Gasteiger charge is -2.00. The number of hydrogen-bond donors (Lipinski definition) is 0. The van der Waals surface area contributed by atoms with Gasteiger partial charge in [0.05, 0.1) is 5.92 Å². The van der Waals surface area contributed by atoms with E-state index < -0.39 is 0 Å². The van der Waals surface area contributed by atoms with E-state index in [9.17, 15) is 0 Å². The molecule has 0 N–H and O–H groups in total. The van der Waals surface area contributed by atoms with Gasteiger partial charge >= 0.3 is 0 Å². The third kappa shape index (κ3) is 11.2. The highest BCUT2D eigenvalue weighted by Gasteiger charge is 1.99. The van der Waals surface area contributed by atoms with E-state index in [4.69, 9.17) is 0 Å². The van der Waals surface area contributed by atoms with Crippen LogP contribution in [0.25, 0.3) is 0 Å². The van der Waals surface area contributed by atoms with Crippen molar-refractivity contribution in [3.63, 3.8) is 0 Å². The monoisotopic (exact) mass is 242 g/mol. The Morgan fingerprint density at radius 2 is 1.28 bits per heavy atom. The predicted octanol–water partition coefficient (Wildman–Crippen LogP) is 4.79. The number of rotatable bonds is 5. The van der Waals surface area contributed by atoms with E-state index in [-0.39, 0.29) is 5.92 Å². The summed E-state index contributed by atoms with van der Waals surface area (Å²) in [5.41, 5.74) is 0. The molecule has 0 saturated heterocycles. The van der Waals surface area contributed by atoms with Gasteiger partial charge in [-0.3, -0.25) is 0 Å². The Labute approximate surface area is 114 Å². The van der Waals surface area contributed by atoms with Crippen LogP contribution >= 0.6 is 0 Å². The molecule has 0 saturated carbocycles. The lowest BCUT2D eigenvalue weighted by atomic mass is 10.0. The van der Waals surface area contributed by atoms with Crippen LogP contribution in [0.4, 0.5) is 0 Å². The highest BCUT2D eigenvalue weighted by atomic mass is 14.0. The van der Waals surface area contributed by atoms with E-state index in [1.54, 1.807) is 0 Å². The minimum Gasteiger partial charge on any atom is -0.103 e. The van der Waals surface area contributed by atoms with E-state index in [1.807, 2.05) is 0 Å². The lowest BCUT2D eigenvalue weighted by Crippen LogP contribution is -1.93. The summed E-state index contributed by atoms with van der Waals surface area (Å²) in [7, 11) is 0. The fourth-order valence-corrected chi connectivity index (χ4v) is 1.47. The molecule has 0 bridgehead atoms. The average molecular weight is 242 g/mol. The van der Waals surface area contributed by atoms with Crippen LogP contribution in [-0.2, 0) is 0 Å². The summed E-state index contributed by atoms with van der Waals surface area (Å²) in [5.74, 6) is 19.5. The third-order valence-electron chi connectivity index (χ3n) is 2.48. The highest BCUT2D eigenvalue weighted by molar-refractivity contribution is 5.17. The molecule has 0 heterocycles. The highest BCUT2D eigenvalue weighted by Crippen LogP contribution is 2.06. The standard InChI is InChI=1S/C18H26/c1-4-7-10-11-12-13-14-17-18(15-8-5-2)16-9-6-3/h18H,4-7,10,13-14,17H2,1-3H3. The van der Waals surface area contributed by atoms with Crippen LogP contribution in [0.3, 0.4) is 0 Å². The fraction of sp³-hybridized carbons (Fsp3) is 0.667. The van der Waals surface area contributed by atoms with Gasteiger partial charge in [0.2, 0.25) is 0 Å². The summed E-state index contributed by atoms with van der Waals surface area (Å²) >= 11 is 0. The second-order valence-corrected chi connectivity index (χ2v) is 4.25. The second-order valence-electron chi connectivity index (χ2n) is 4.25. The van der Waals surface area contributed by atoms with Gasteiger partial charge in [0.25, 0.3) is 0 Å². The normalized spacial score (nSPS) is 8.67. The van der Waals surface area contributed by atoms with E-state index in [1.165, 1.54) is 12.8 Å². The molecular weight excluding hydrogens is 216 g/mol. The molecule has 0 rings (SSSR count). The summed E-state index contributed by atoms with van der Waals surface area (Å²) in [6.07, 6.45) is 8.49. The molecule has 0 fully saturated rings. The second kappa shape index (κ2) is 13.7. The molecule has 98 valence electrons. The van der Waals surface area contributed by atoms with Crippen LogP contribution in [0.5, 0.6) is 0 Å². The first-order valence-electron chi connectivity index (χ1n) is 7.27. The van der Waals surface area contributed by atoms with Crippen molar-refractivity contribution < 1.29 is 0 Å². The Balaban J connectivity index is 3.91. The summed E-state index contributed by atoms with van der Waals surface area (Å²) in [4.78, 5) is 0. The zero-order valence-corrected chi connectivity index (χ0v) is 12.2. The van der Waals surface area contributed by atoms with Crippen LogP contribution in [0, 0.1) is 41.4 Å². The first-order valence-corrected chi connectivity index (χ1v) is 7.27. The zero-order chi connectivity index (χ0) is 13.5. The summed E-state index contributed by atoms with van der Waals surface area (Å²) < 4.78 is 0. The molecule has 0 aliphatic carbocycles. The van der Waals surface area contributed by atoms with Gasteiger partial charge in [-0.15, -0.1) is 23.7 Å². The molecule has 0 nitrogen and oxygen atoms in total.